The second kappa shape index (κ2) is 9.39. The third kappa shape index (κ3) is 6.61. The lowest BCUT2D eigenvalue weighted by atomic mass is 10.1. The van der Waals surface area contributed by atoms with Gasteiger partial charge in [-0.25, -0.2) is 0 Å². The van der Waals surface area contributed by atoms with E-state index < -0.39 is 0 Å². The summed E-state index contributed by atoms with van der Waals surface area (Å²) < 4.78 is 5.40. The van der Waals surface area contributed by atoms with Crippen molar-refractivity contribution in [2.24, 2.45) is 0 Å². The molecule has 0 atom stereocenters. The predicted octanol–water partition coefficient (Wildman–Crippen LogP) is 4.09. The molecular formula is C20H20N2O2S. The molecule has 0 unspecified atom stereocenters. The van der Waals surface area contributed by atoms with Crippen LogP contribution in [-0.2, 0) is 4.79 Å². The first-order valence-corrected chi connectivity index (χ1v) is 8.18. The normalized spacial score (nSPS) is 10.3. The van der Waals surface area contributed by atoms with Gasteiger partial charge in [0.15, 0.2) is 5.11 Å². The number of carbonyl (C=O) groups excluding carboxylic acids is 1. The van der Waals surface area contributed by atoms with Crippen LogP contribution in [0.2, 0.25) is 0 Å². The number of benzene rings is 2. The minimum absolute atomic E-state index is 0.235. The third-order valence-corrected chi connectivity index (χ3v) is 3.43. The Morgan fingerprint density at radius 2 is 1.84 bits per heavy atom. The molecular weight excluding hydrogens is 332 g/mol. The number of anilines is 1. The van der Waals surface area contributed by atoms with Gasteiger partial charge in [-0.1, -0.05) is 42.5 Å². The Hall–Kier alpha value is -2.92. The summed E-state index contributed by atoms with van der Waals surface area (Å²) in [5.41, 5.74) is 2.89. The van der Waals surface area contributed by atoms with Crippen LogP contribution in [0.5, 0.6) is 5.75 Å². The van der Waals surface area contributed by atoms with Crippen LogP contribution in [0.1, 0.15) is 11.1 Å². The molecule has 0 bridgehead atoms. The zero-order chi connectivity index (χ0) is 18.1. The summed E-state index contributed by atoms with van der Waals surface area (Å²) in [7, 11) is 0. The van der Waals surface area contributed by atoms with Crippen molar-refractivity contribution < 1.29 is 9.53 Å². The Bertz CT molecular complexity index is 765. The Morgan fingerprint density at radius 1 is 1.16 bits per heavy atom. The molecule has 2 N–H and O–H groups in total. The molecule has 0 fully saturated rings. The average molecular weight is 352 g/mol. The maximum atomic E-state index is 11.9. The number of amides is 1. The molecule has 128 valence electrons. The highest BCUT2D eigenvalue weighted by molar-refractivity contribution is 7.80. The Kier molecular flexibility index (Phi) is 6.92. The second-order valence-corrected chi connectivity index (χ2v) is 5.72. The molecule has 0 aromatic heterocycles. The zero-order valence-electron chi connectivity index (χ0n) is 14.0. The number of hydrogen-bond acceptors (Lipinski definition) is 3. The lowest BCUT2D eigenvalue weighted by molar-refractivity contribution is -0.115. The summed E-state index contributed by atoms with van der Waals surface area (Å²) in [6, 6.07) is 15.1. The van der Waals surface area contributed by atoms with E-state index in [0.29, 0.717) is 6.61 Å². The van der Waals surface area contributed by atoms with Gasteiger partial charge in [0.05, 0.1) is 0 Å². The molecule has 0 saturated heterocycles. The van der Waals surface area contributed by atoms with E-state index in [1.807, 2.05) is 55.5 Å². The fourth-order valence-corrected chi connectivity index (χ4v) is 2.17. The van der Waals surface area contributed by atoms with E-state index in [-0.39, 0.29) is 11.0 Å². The van der Waals surface area contributed by atoms with Crippen molar-refractivity contribution in [1.29, 1.82) is 0 Å². The number of rotatable bonds is 6. The van der Waals surface area contributed by atoms with Gasteiger partial charge in [-0.05, 0) is 55.0 Å². The first-order chi connectivity index (χ1) is 12.1. The molecule has 0 radical (unpaired) electrons. The molecule has 0 saturated carbocycles. The molecule has 0 aliphatic rings. The number of thiocarbonyl (C=S) groups is 1. The molecule has 4 nitrogen and oxygen atoms in total. The molecule has 0 spiro atoms. The van der Waals surface area contributed by atoms with E-state index >= 15 is 0 Å². The van der Waals surface area contributed by atoms with E-state index in [1.165, 1.54) is 11.6 Å². The third-order valence-electron chi connectivity index (χ3n) is 3.22. The molecule has 0 aliphatic heterocycles. The maximum absolute atomic E-state index is 11.9. The first-order valence-electron chi connectivity index (χ1n) is 7.77. The second-order valence-electron chi connectivity index (χ2n) is 5.31. The summed E-state index contributed by atoms with van der Waals surface area (Å²) >= 11 is 5.14. The van der Waals surface area contributed by atoms with Crippen LogP contribution >= 0.6 is 12.2 Å². The minimum Gasteiger partial charge on any atom is -0.490 e. The monoisotopic (exact) mass is 352 g/mol. The van der Waals surface area contributed by atoms with Gasteiger partial charge in [0.1, 0.15) is 12.4 Å². The molecule has 25 heavy (non-hydrogen) atoms. The van der Waals surface area contributed by atoms with Gasteiger partial charge in [0, 0.05) is 11.8 Å². The van der Waals surface area contributed by atoms with Crippen molar-refractivity contribution >= 4 is 35.0 Å². The van der Waals surface area contributed by atoms with Crippen molar-refractivity contribution in [2.75, 3.05) is 11.9 Å². The average Bonchev–Trinajstić information content (AvgIpc) is 2.60. The van der Waals surface area contributed by atoms with Crippen molar-refractivity contribution in [3.8, 4) is 5.75 Å². The molecule has 2 aromatic rings. The topological polar surface area (TPSA) is 50.4 Å². The van der Waals surface area contributed by atoms with Crippen LogP contribution in [0.4, 0.5) is 5.69 Å². The number of aryl methyl sites for hydroxylation is 1. The largest absolute Gasteiger partial charge is 0.490 e. The van der Waals surface area contributed by atoms with Crippen LogP contribution in [0.3, 0.4) is 0 Å². The Labute approximate surface area is 153 Å². The van der Waals surface area contributed by atoms with Crippen molar-refractivity contribution in [3.63, 3.8) is 0 Å². The van der Waals surface area contributed by atoms with Gasteiger partial charge in [0.25, 0.3) is 0 Å². The van der Waals surface area contributed by atoms with E-state index in [1.54, 1.807) is 12.2 Å². The Morgan fingerprint density at radius 3 is 2.48 bits per heavy atom. The van der Waals surface area contributed by atoms with Crippen molar-refractivity contribution in [2.45, 2.75) is 6.92 Å². The minimum atomic E-state index is -0.288. The van der Waals surface area contributed by atoms with E-state index in [2.05, 4.69) is 17.2 Å². The zero-order valence-corrected chi connectivity index (χ0v) is 14.8. The van der Waals surface area contributed by atoms with Crippen LogP contribution in [0, 0.1) is 6.92 Å². The van der Waals surface area contributed by atoms with Crippen LogP contribution in [0.15, 0.2) is 67.3 Å². The number of nitrogens with one attached hydrogen (secondary N) is 2. The molecule has 2 rings (SSSR count). The summed E-state index contributed by atoms with van der Waals surface area (Å²) in [6.45, 7) is 6.07. The molecule has 1 amide bonds. The van der Waals surface area contributed by atoms with E-state index in [4.69, 9.17) is 17.0 Å². The molecule has 5 heteroatoms. The van der Waals surface area contributed by atoms with Gasteiger partial charge in [0.2, 0.25) is 5.91 Å². The van der Waals surface area contributed by atoms with Gasteiger partial charge in [-0.15, -0.1) is 0 Å². The summed E-state index contributed by atoms with van der Waals surface area (Å²) in [5, 5.41) is 5.80. The Balaban J connectivity index is 1.83. The SMILES string of the molecule is C=CCOc1ccc(NC(=S)NC(=O)/C=C/c2ccc(C)cc2)cc1. The standard InChI is InChI=1S/C20H20N2O2S/c1-3-14-24-18-11-9-17(10-12-18)21-20(25)22-19(23)13-8-16-6-4-15(2)5-7-16/h3-13H,1,14H2,2H3,(H2,21,22,23,25)/b13-8+. The fourth-order valence-electron chi connectivity index (χ4n) is 1.96. The lowest BCUT2D eigenvalue weighted by Crippen LogP contribution is -2.32. The van der Waals surface area contributed by atoms with E-state index in [9.17, 15) is 4.79 Å². The number of ether oxygens (including phenoxy) is 1. The highest BCUT2D eigenvalue weighted by atomic mass is 32.1. The van der Waals surface area contributed by atoms with Gasteiger partial charge in [-0.2, -0.15) is 0 Å². The number of hydrogen-bond donors (Lipinski definition) is 2. The quantitative estimate of drug-likeness (QED) is 0.467. The van der Waals surface area contributed by atoms with Crippen LogP contribution in [0.25, 0.3) is 6.08 Å². The highest BCUT2D eigenvalue weighted by Gasteiger charge is 2.02. The van der Waals surface area contributed by atoms with Crippen molar-refractivity contribution in [1.82, 2.24) is 5.32 Å². The predicted molar refractivity (Wildman–Crippen MR) is 107 cm³/mol. The maximum Gasteiger partial charge on any atom is 0.250 e. The van der Waals surface area contributed by atoms with E-state index in [0.717, 1.165) is 17.0 Å². The first kappa shape index (κ1) is 18.4. The fraction of sp³-hybridized carbons (Fsp3) is 0.100. The van der Waals surface area contributed by atoms with Crippen LogP contribution < -0.4 is 15.4 Å². The molecule has 2 aromatic carbocycles. The molecule has 0 heterocycles. The summed E-state index contributed by atoms with van der Waals surface area (Å²) in [4.78, 5) is 11.9. The summed E-state index contributed by atoms with van der Waals surface area (Å²) in [6.07, 6.45) is 4.87. The smallest absolute Gasteiger partial charge is 0.250 e. The lowest BCUT2D eigenvalue weighted by Gasteiger charge is -2.09. The molecule has 0 aliphatic carbocycles. The van der Waals surface area contributed by atoms with Gasteiger partial charge in [-0.3, -0.25) is 10.1 Å². The highest BCUT2D eigenvalue weighted by Crippen LogP contribution is 2.15. The van der Waals surface area contributed by atoms with Crippen molar-refractivity contribution in [3.05, 3.63) is 78.4 Å². The number of carbonyl (C=O) groups is 1. The summed E-state index contributed by atoms with van der Waals surface area (Å²) in [5.74, 6) is 0.449. The van der Waals surface area contributed by atoms with Gasteiger partial charge < -0.3 is 10.1 Å². The van der Waals surface area contributed by atoms with Crippen LogP contribution in [-0.4, -0.2) is 17.6 Å². The van der Waals surface area contributed by atoms with Gasteiger partial charge >= 0.3 is 0 Å².